The van der Waals surface area contributed by atoms with E-state index in [9.17, 15) is 0 Å². The summed E-state index contributed by atoms with van der Waals surface area (Å²) < 4.78 is 5.74. The van der Waals surface area contributed by atoms with E-state index in [1.54, 1.807) is 0 Å². The fourth-order valence-corrected chi connectivity index (χ4v) is 1.88. The molecule has 0 bridgehead atoms. The summed E-state index contributed by atoms with van der Waals surface area (Å²) in [5, 5.41) is 1.02. The molecule has 0 aromatic heterocycles. The summed E-state index contributed by atoms with van der Waals surface area (Å²) >= 11 is 3.50. The van der Waals surface area contributed by atoms with Crippen LogP contribution in [0.1, 0.15) is 39.5 Å². The highest BCUT2D eigenvalue weighted by molar-refractivity contribution is 9.09. The average molecular weight is 249 g/mol. The molecule has 78 valence electrons. The molecule has 13 heavy (non-hydrogen) atoms. The van der Waals surface area contributed by atoms with Gasteiger partial charge in [-0.1, -0.05) is 42.6 Å². The number of rotatable bonds is 5. The summed E-state index contributed by atoms with van der Waals surface area (Å²) in [4.78, 5) is 0. The van der Waals surface area contributed by atoms with Crippen LogP contribution in [0.15, 0.2) is 0 Å². The molecule has 0 aromatic carbocycles. The lowest BCUT2D eigenvalue weighted by molar-refractivity contribution is 0.0512. The standard InChI is InChI=1S/C11H21BrO/c1-11(2,8-12)9-13-7-10-5-3-4-6-10/h10H,3-9H2,1-2H3. The van der Waals surface area contributed by atoms with Crippen molar-refractivity contribution < 1.29 is 4.74 Å². The van der Waals surface area contributed by atoms with Gasteiger partial charge in [0.15, 0.2) is 0 Å². The van der Waals surface area contributed by atoms with E-state index >= 15 is 0 Å². The quantitative estimate of drug-likeness (QED) is 0.676. The van der Waals surface area contributed by atoms with Crippen molar-refractivity contribution in [2.75, 3.05) is 18.5 Å². The van der Waals surface area contributed by atoms with Crippen LogP contribution < -0.4 is 0 Å². The number of ether oxygens (including phenoxy) is 1. The Labute approximate surface area is 90.4 Å². The summed E-state index contributed by atoms with van der Waals surface area (Å²) in [6.45, 7) is 6.33. The van der Waals surface area contributed by atoms with Gasteiger partial charge in [-0.3, -0.25) is 0 Å². The van der Waals surface area contributed by atoms with Gasteiger partial charge in [0.2, 0.25) is 0 Å². The highest BCUT2D eigenvalue weighted by atomic mass is 79.9. The normalized spacial score (nSPS) is 19.6. The van der Waals surface area contributed by atoms with Crippen molar-refractivity contribution in [1.82, 2.24) is 0 Å². The van der Waals surface area contributed by atoms with Crippen LogP contribution in [-0.4, -0.2) is 18.5 Å². The molecule has 0 unspecified atom stereocenters. The SMILES string of the molecule is CC(C)(CBr)COCC1CCCC1. The zero-order valence-corrected chi connectivity index (χ0v) is 10.4. The first kappa shape index (κ1) is 11.5. The van der Waals surface area contributed by atoms with Crippen LogP contribution in [0.5, 0.6) is 0 Å². The molecule has 0 saturated heterocycles. The number of hydrogen-bond donors (Lipinski definition) is 0. The first-order valence-corrected chi connectivity index (χ1v) is 6.40. The minimum Gasteiger partial charge on any atom is -0.381 e. The van der Waals surface area contributed by atoms with E-state index in [-0.39, 0.29) is 0 Å². The Balaban J connectivity index is 2.06. The van der Waals surface area contributed by atoms with E-state index in [2.05, 4.69) is 29.8 Å². The van der Waals surface area contributed by atoms with Gasteiger partial charge in [0.25, 0.3) is 0 Å². The lowest BCUT2D eigenvalue weighted by Crippen LogP contribution is -2.22. The van der Waals surface area contributed by atoms with Crippen molar-refractivity contribution in [1.29, 1.82) is 0 Å². The van der Waals surface area contributed by atoms with E-state index < -0.39 is 0 Å². The zero-order valence-electron chi connectivity index (χ0n) is 8.81. The van der Waals surface area contributed by atoms with Crippen LogP contribution in [0.25, 0.3) is 0 Å². The first-order valence-electron chi connectivity index (χ1n) is 5.28. The van der Waals surface area contributed by atoms with Crippen LogP contribution in [0, 0.1) is 11.3 Å². The zero-order chi connectivity index (χ0) is 9.73. The second kappa shape index (κ2) is 5.35. The first-order chi connectivity index (χ1) is 6.14. The van der Waals surface area contributed by atoms with Crippen molar-refractivity contribution in [3.8, 4) is 0 Å². The maximum atomic E-state index is 5.74. The molecular weight excluding hydrogens is 228 g/mol. The molecule has 1 aliphatic carbocycles. The minimum atomic E-state index is 0.290. The second-order valence-corrected chi connectivity index (χ2v) is 5.52. The third-order valence-corrected chi connectivity index (χ3v) is 4.20. The third-order valence-electron chi connectivity index (χ3n) is 2.68. The molecule has 1 rings (SSSR count). The van der Waals surface area contributed by atoms with Crippen molar-refractivity contribution in [3.63, 3.8) is 0 Å². The molecule has 0 amide bonds. The molecule has 0 N–H and O–H groups in total. The predicted octanol–water partition coefficient (Wildman–Crippen LogP) is 3.61. The monoisotopic (exact) mass is 248 g/mol. The Morgan fingerprint density at radius 1 is 1.31 bits per heavy atom. The molecule has 1 aliphatic rings. The van der Waals surface area contributed by atoms with E-state index in [4.69, 9.17) is 4.74 Å². The van der Waals surface area contributed by atoms with E-state index in [1.807, 2.05) is 0 Å². The van der Waals surface area contributed by atoms with Gasteiger partial charge in [-0.15, -0.1) is 0 Å². The summed E-state index contributed by atoms with van der Waals surface area (Å²) in [6.07, 6.45) is 5.59. The highest BCUT2D eigenvalue weighted by Crippen LogP contribution is 2.26. The molecule has 0 heterocycles. The maximum absolute atomic E-state index is 5.74. The lowest BCUT2D eigenvalue weighted by atomic mass is 9.98. The van der Waals surface area contributed by atoms with Crippen molar-refractivity contribution in [3.05, 3.63) is 0 Å². The number of alkyl halides is 1. The van der Waals surface area contributed by atoms with Crippen LogP contribution in [0.2, 0.25) is 0 Å². The summed E-state index contributed by atoms with van der Waals surface area (Å²) in [7, 11) is 0. The van der Waals surface area contributed by atoms with Crippen molar-refractivity contribution in [2.45, 2.75) is 39.5 Å². The summed E-state index contributed by atoms with van der Waals surface area (Å²) in [6, 6.07) is 0. The third kappa shape index (κ3) is 4.46. The van der Waals surface area contributed by atoms with E-state index in [0.717, 1.165) is 24.5 Å². The van der Waals surface area contributed by atoms with Gasteiger partial charge >= 0.3 is 0 Å². The Morgan fingerprint density at radius 3 is 2.46 bits per heavy atom. The summed E-state index contributed by atoms with van der Waals surface area (Å²) in [5.41, 5.74) is 0.290. The Hall–Kier alpha value is 0.440. The van der Waals surface area contributed by atoms with E-state index in [1.165, 1.54) is 25.7 Å². The Bertz CT molecular complexity index is 139. The molecule has 0 atom stereocenters. The molecule has 0 spiro atoms. The van der Waals surface area contributed by atoms with E-state index in [0.29, 0.717) is 5.41 Å². The fraction of sp³-hybridized carbons (Fsp3) is 1.00. The molecule has 0 aromatic rings. The van der Waals surface area contributed by atoms with Crippen LogP contribution in [0.3, 0.4) is 0 Å². The van der Waals surface area contributed by atoms with Gasteiger partial charge in [-0.2, -0.15) is 0 Å². The van der Waals surface area contributed by atoms with Gasteiger partial charge in [0.05, 0.1) is 6.61 Å². The van der Waals surface area contributed by atoms with Crippen LogP contribution in [0.4, 0.5) is 0 Å². The second-order valence-electron chi connectivity index (χ2n) is 4.96. The number of hydrogen-bond acceptors (Lipinski definition) is 1. The van der Waals surface area contributed by atoms with Gasteiger partial charge in [-0.25, -0.2) is 0 Å². The number of halogens is 1. The molecular formula is C11H21BrO. The lowest BCUT2D eigenvalue weighted by Gasteiger charge is -2.22. The highest BCUT2D eigenvalue weighted by Gasteiger charge is 2.19. The topological polar surface area (TPSA) is 9.23 Å². The largest absolute Gasteiger partial charge is 0.381 e. The smallest absolute Gasteiger partial charge is 0.0525 e. The Kier molecular flexibility index (Phi) is 4.74. The Morgan fingerprint density at radius 2 is 1.92 bits per heavy atom. The van der Waals surface area contributed by atoms with Crippen molar-refractivity contribution in [2.24, 2.45) is 11.3 Å². The molecule has 1 fully saturated rings. The predicted molar refractivity (Wildman–Crippen MR) is 60.4 cm³/mol. The fourth-order valence-electron chi connectivity index (χ4n) is 1.72. The van der Waals surface area contributed by atoms with Gasteiger partial charge in [0.1, 0.15) is 0 Å². The molecule has 0 radical (unpaired) electrons. The summed E-state index contributed by atoms with van der Waals surface area (Å²) in [5.74, 6) is 0.853. The molecule has 1 nitrogen and oxygen atoms in total. The van der Waals surface area contributed by atoms with Crippen LogP contribution in [-0.2, 0) is 4.74 Å². The molecule has 0 aliphatic heterocycles. The van der Waals surface area contributed by atoms with Gasteiger partial charge < -0.3 is 4.74 Å². The van der Waals surface area contributed by atoms with Gasteiger partial charge in [0, 0.05) is 11.9 Å². The molecule has 1 saturated carbocycles. The molecule has 2 heteroatoms. The van der Waals surface area contributed by atoms with Crippen molar-refractivity contribution >= 4 is 15.9 Å². The average Bonchev–Trinajstić information content (AvgIpc) is 2.57. The maximum Gasteiger partial charge on any atom is 0.0525 e. The van der Waals surface area contributed by atoms with Crippen LogP contribution >= 0.6 is 15.9 Å². The minimum absolute atomic E-state index is 0.290. The van der Waals surface area contributed by atoms with Gasteiger partial charge in [-0.05, 0) is 24.2 Å².